The topological polar surface area (TPSA) is 69.1 Å². The van der Waals surface area contributed by atoms with Crippen molar-refractivity contribution in [3.8, 4) is 11.1 Å². The molecule has 2 atom stereocenters. The molecule has 1 amide bonds. The van der Waals surface area contributed by atoms with Crippen molar-refractivity contribution in [2.24, 2.45) is 18.9 Å². The van der Waals surface area contributed by atoms with Crippen LogP contribution >= 0.6 is 0 Å². The van der Waals surface area contributed by atoms with Gasteiger partial charge >= 0.3 is 0 Å². The van der Waals surface area contributed by atoms with E-state index in [2.05, 4.69) is 36.0 Å². The zero-order valence-corrected chi connectivity index (χ0v) is 25.0. The van der Waals surface area contributed by atoms with E-state index in [0.717, 1.165) is 54.4 Å². The first kappa shape index (κ1) is 28.7. The predicted octanol–water partition coefficient (Wildman–Crippen LogP) is 5.36. The summed E-state index contributed by atoms with van der Waals surface area (Å²) in [4.78, 5) is 18.1. The first-order chi connectivity index (χ1) is 20.3. The van der Waals surface area contributed by atoms with Gasteiger partial charge in [0.2, 0.25) is 6.29 Å². The van der Waals surface area contributed by atoms with E-state index >= 15 is 0 Å². The summed E-state index contributed by atoms with van der Waals surface area (Å²) >= 11 is 0. The molecule has 9 heteroatoms. The summed E-state index contributed by atoms with van der Waals surface area (Å²) in [6.45, 7) is 10.1. The summed E-state index contributed by atoms with van der Waals surface area (Å²) in [5.74, 6) is 0.521. The van der Waals surface area contributed by atoms with E-state index in [4.69, 9.17) is 14.2 Å². The molecule has 8 nitrogen and oxygen atoms in total. The van der Waals surface area contributed by atoms with E-state index in [1.165, 1.54) is 17.7 Å². The Labute approximate surface area is 247 Å². The van der Waals surface area contributed by atoms with Gasteiger partial charge in [-0.05, 0) is 60.4 Å². The summed E-state index contributed by atoms with van der Waals surface area (Å²) in [6, 6.07) is 9.20. The van der Waals surface area contributed by atoms with Crippen molar-refractivity contribution in [2.45, 2.75) is 58.4 Å². The molecule has 6 rings (SSSR count). The lowest BCUT2D eigenvalue weighted by atomic mass is 9.85. The number of hydrogen-bond acceptors (Lipinski definition) is 6. The van der Waals surface area contributed by atoms with Gasteiger partial charge in [-0.25, -0.2) is 4.39 Å². The number of hydrogen-bond donors (Lipinski definition) is 0. The zero-order valence-electron chi connectivity index (χ0n) is 25.0. The molecule has 0 radical (unpaired) electrons. The molecule has 2 aromatic carbocycles. The van der Waals surface area contributed by atoms with Crippen LogP contribution in [0, 0.1) is 17.7 Å². The second-order valence-electron chi connectivity index (χ2n) is 12.3. The van der Waals surface area contributed by atoms with Crippen molar-refractivity contribution in [3.63, 3.8) is 0 Å². The standard InChI is InChI=1S/C33H41FN4O4/c1-21(2)30(9-10-31-41-13-14-42-31)37-18-23(19-37)15-24-5-7-27(29-17-35-36(4)32(24)29)26-8-6-25(34)16-28(26)33(39)38-11-12-40-20-22(38)3/h5-8,13-14,16-17,21-23,30-31H,9-12,15,18-20H2,1-4H3/t22-,30?/m1/s1. The third-order valence-corrected chi connectivity index (χ3v) is 9.06. The van der Waals surface area contributed by atoms with Gasteiger partial charge in [0.15, 0.2) is 0 Å². The Morgan fingerprint density at radius 1 is 1.12 bits per heavy atom. The van der Waals surface area contributed by atoms with E-state index < -0.39 is 5.82 Å². The summed E-state index contributed by atoms with van der Waals surface area (Å²) in [5, 5.41) is 5.59. The maximum atomic E-state index is 14.5. The Balaban J connectivity index is 1.21. The highest BCUT2D eigenvalue weighted by atomic mass is 19.1. The summed E-state index contributed by atoms with van der Waals surface area (Å²) < 4.78 is 32.9. The lowest BCUT2D eigenvalue weighted by molar-refractivity contribution is -0.0432. The number of amides is 1. The lowest BCUT2D eigenvalue weighted by Gasteiger charge is -2.46. The molecule has 42 heavy (non-hydrogen) atoms. The second kappa shape index (κ2) is 12.1. The maximum absolute atomic E-state index is 14.5. The van der Waals surface area contributed by atoms with Crippen LogP contribution in [0.15, 0.2) is 49.1 Å². The second-order valence-corrected chi connectivity index (χ2v) is 12.3. The van der Waals surface area contributed by atoms with Gasteiger partial charge in [-0.1, -0.05) is 32.0 Å². The number of halogens is 1. The van der Waals surface area contributed by atoms with E-state index in [1.54, 1.807) is 23.5 Å². The average molecular weight is 577 g/mol. The summed E-state index contributed by atoms with van der Waals surface area (Å²) in [6.07, 6.45) is 7.83. The van der Waals surface area contributed by atoms with Crippen molar-refractivity contribution in [1.82, 2.24) is 19.6 Å². The number of aromatic nitrogens is 2. The molecule has 3 aliphatic rings. The number of carbonyl (C=O) groups is 1. The number of nitrogens with zero attached hydrogens (tertiary/aromatic N) is 4. The van der Waals surface area contributed by atoms with Crippen LogP contribution in [0.25, 0.3) is 22.0 Å². The molecule has 0 saturated carbocycles. The van der Waals surface area contributed by atoms with Gasteiger partial charge in [-0.15, -0.1) is 0 Å². The minimum Gasteiger partial charge on any atom is -0.459 e. The van der Waals surface area contributed by atoms with Crippen molar-refractivity contribution < 1.29 is 23.4 Å². The Morgan fingerprint density at radius 2 is 1.88 bits per heavy atom. The van der Waals surface area contributed by atoms with E-state index in [-0.39, 0.29) is 18.2 Å². The average Bonchev–Trinajstić information content (AvgIpc) is 3.62. The predicted molar refractivity (Wildman–Crippen MR) is 159 cm³/mol. The molecule has 3 aliphatic heterocycles. The number of ether oxygens (including phenoxy) is 3. The fourth-order valence-electron chi connectivity index (χ4n) is 6.85. The molecule has 0 bridgehead atoms. The fourth-order valence-corrected chi connectivity index (χ4v) is 6.85. The molecule has 0 N–H and O–H groups in total. The maximum Gasteiger partial charge on any atom is 0.254 e. The summed E-state index contributed by atoms with van der Waals surface area (Å²) in [5.41, 5.74) is 4.31. The van der Waals surface area contributed by atoms with Crippen molar-refractivity contribution >= 4 is 16.8 Å². The number of benzene rings is 2. The Morgan fingerprint density at radius 3 is 2.62 bits per heavy atom. The van der Waals surface area contributed by atoms with Gasteiger partial charge in [-0.3, -0.25) is 14.4 Å². The molecular formula is C33H41FN4O4. The molecule has 2 fully saturated rings. The van der Waals surface area contributed by atoms with Gasteiger partial charge < -0.3 is 19.1 Å². The SMILES string of the molecule is CC(C)C(CCC1OC=CO1)N1CC(Cc2ccc(-c3ccc(F)cc3C(=O)N3CCOC[C@H]3C)c3cnn(C)c23)C1. The van der Waals surface area contributed by atoms with E-state index in [1.807, 2.05) is 24.9 Å². The quantitative estimate of drug-likeness (QED) is 0.342. The Hall–Kier alpha value is -3.43. The first-order valence-electron chi connectivity index (χ1n) is 15.1. The van der Waals surface area contributed by atoms with Gasteiger partial charge in [0.25, 0.3) is 5.91 Å². The number of rotatable bonds is 9. The van der Waals surface area contributed by atoms with Crippen LogP contribution < -0.4 is 0 Å². The highest BCUT2D eigenvalue weighted by Crippen LogP contribution is 2.36. The number of carbonyl (C=O) groups excluding carboxylic acids is 1. The van der Waals surface area contributed by atoms with Gasteiger partial charge in [0, 0.05) is 44.5 Å². The number of morpholine rings is 1. The normalized spacial score (nSPS) is 20.6. The van der Waals surface area contributed by atoms with E-state index in [9.17, 15) is 9.18 Å². The monoisotopic (exact) mass is 576 g/mol. The van der Waals surface area contributed by atoms with Crippen LogP contribution in [0.1, 0.15) is 49.5 Å². The Kier molecular flexibility index (Phi) is 8.23. The van der Waals surface area contributed by atoms with Crippen molar-refractivity contribution in [2.75, 3.05) is 32.8 Å². The smallest absolute Gasteiger partial charge is 0.254 e. The molecule has 1 unspecified atom stereocenters. The molecule has 2 saturated heterocycles. The fraction of sp³-hybridized carbons (Fsp3) is 0.515. The molecule has 4 heterocycles. The third kappa shape index (κ3) is 5.64. The molecule has 0 aliphatic carbocycles. The first-order valence-corrected chi connectivity index (χ1v) is 15.1. The zero-order chi connectivity index (χ0) is 29.4. The molecule has 0 spiro atoms. The van der Waals surface area contributed by atoms with Crippen LogP contribution in [0.5, 0.6) is 0 Å². The van der Waals surface area contributed by atoms with Crippen molar-refractivity contribution in [3.05, 3.63) is 66.0 Å². The largest absolute Gasteiger partial charge is 0.459 e. The number of aryl methyl sites for hydroxylation is 1. The van der Waals surface area contributed by atoms with Gasteiger partial charge in [0.1, 0.15) is 18.3 Å². The highest BCUT2D eigenvalue weighted by Gasteiger charge is 2.35. The molecule has 3 aromatic rings. The van der Waals surface area contributed by atoms with Crippen LogP contribution in [-0.4, -0.2) is 76.7 Å². The minimum atomic E-state index is -0.420. The number of likely N-dealkylation sites (tertiary alicyclic amines) is 1. The third-order valence-electron chi connectivity index (χ3n) is 9.06. The highest BCUT2D eigenvalue weighted by molar-refractivity contribution is 6.06. The minimum absolute atomic E-state index is 0.0677. The van der Waals surface area contributed by atoms with Crippen LogP contribution in [0.3, 0.4) is 0 Å². The van der Waals surface area contributed by atoms with Crippen LogP contribution in [0.4, 0.5) is 4.39 Å². The lowest BCUT2D eigenvalue weighted by Crippen LogP contribution is -2.54. The Bertz CT molecular complexity index is 1460. The van der Waals surface area contributed by atoms with Gasteiger partial charge in [-0.2, -0.15) is 5.10 Å². The summed E-state index contributed by atoms with van der Waals surface area (Å²) in [7, 11) is 1.96. The molecule has 1 aromatic heterocycles. The van der Waals surface area contributed by atoms with Gasteiger partial charge in [0.05, 0.1) is 36.5 Å². The molecule has 224 valence electrons. The van der Waals surface area contributed by atoms with Crippen LogP contribution in [-0.2, 0) is 27.7 Å². The van der Waals surface area contributed by atoms with Crippen molar-refractivity contribution in [1.29, 1.82) is 0 Å². The van der Waals surface area contributed by atoms with Crippen LogP contribution in [0.2, 0.25) is 0 Å². The van der Waals surface area contributed by atoms with E-state index in [0.29, 0.717) is 43.2 Å². The number of fused-ring (bicyclic) bond motifs is 1. The molecular weight excluding hydrogens is 535 g/mol.